The number of ether oxygens (including phenoxy) is 1. The van der Waals surface area contributed by atoms with Crippen LogP contribution in [0.4, 0.5) is 0 Å². The van der Waals surface area contributed by atoms with E-state index < -0.39 is 12.1 Å². The van der Waals surface area contributed by atoms with Gasteiger partial charge in [-0.1, -0.05) is 23.7 Å². The highest BCUT2D eigenvalue weighted by Crippen LogP contribution is 2.25. The minimum Gasteiger partial charge on any atom is -0.465 e. The molecule has 0 aliphatic carbocycles. The van der Waals surface area contributed by atoms with Crippen molar-refractivity contribution in [1.82, 2.24) is 14.3 Å². The molecule has 1 unspecified atom stereocenters. The molecule has 1 saturated heterocycles. The topological polar surface area (TPSA) is 73.7 Å². The molecule has 2 aromatic rings. The second-order valence-corrected chi connectivity index (χ2v) is 6.90. The largest absolute Gasteiger partial charge is 0.465 e. The molecule has 0 saturated carbocycles. The maximum Gasteiger partial charge on any atom is 0.364 e. The van der Waals surface area contributed by atoms with Crippen LogP contribution in [0.2, 0.25) is 5.02 Å². The van der Waals surface area contributed by atoms with Crippen LogP contribution in [-0.4, -0.2) is 51.2 Å². The van der Waals surface area contributed by atoms with Gasteiger partial charge in [-0.15, -0.1) is 5.10 Å². The molecule has 0 amide bonds. The predicted molar refractivity (Wildman–Crippen MR) is 94.7 cm³/mol. The standard InChI is InChI=1S/C16H19ClN4O3S/c1-19-14(11-5-3-4-6-12(11)17)18-21(16(19)25)9-20-8-10(22)7-13(20)15(23)24-2/h3-6,10,13,22H,7-9H2,1-2H3/p+1/t10-,13-/m0/s1. The summed E-state index contributed by atoms with van der Waals surface area (Å²) in [4.78, 5) is 12.8. The lowest BCUT2D eigenvalue weighted by Crippen LogP contribution is -3.14. The van der Waals surface area contributed by atoms with Crippen LogP contribution in [-0.2, 0) is 23.2 Å². The summed E-state index contributed by atoms with van der Waals surface area (Å²) >= 11 is 11.8. The number of carbonyl (C=O) groups is 1. The summed E-state index contributed by atoms with van der Waals surface area (Å²) in [6.45, 7) is 0.813. The molecular weight excluding hydrogens is 364 g/mol. The molecule has 25 heavy (non-hydrogen) atoms. The van der Waals surface area contributed by atoms with E-state index >= 15 is 0 Å². The third kappa shape index (κ3) is 3.48. The number of quaternary nitrogens is 1. The summed E-state index contributed by atoms with van der Waals surface area (Å²) < 4.78 is 8.82. The Balaban J connectivity index is 1.92. The molecular formula is C16H20ClN4O3S+. The van der Waals surface area contributed by atoms with Crippen LogP contribution >= 0.6 is 23.8 Å². The van der Waals surface area contributed by atoms with Crippen molar-refractivity contribution in [2.45, 2.75) is 25.2 Å². The maximum absolute atomic E-state index is 12.0. The van der Waals surface area contributed by atoms with E-state index in [1.807, 2.05) is 25.2 Å². The Labute approximate surface area is 155 Å². The monoisotopic (exact) mass is 383 g/mol. The molecule has 1 aliphatic heterocycles. The predicted octanol–water partition coefficient (Wildman–Crippen LogP) is 0.420. The number of benzene rings is 1. The zero-order chi connectivity index (χ0) is 18.1. The fraction of sp³-hybridized carbons (Fsp3) is 0.438. The van der Waals surface area contributed by atoms with E-state index in [0.717, 1.165) is 10.5 Å². The van der Waals surface area contributed by atoms with Gasteiger partial charge in [-0.05, 0) is 24.4 Å². The normalized spacial score (nSPS) is 23.0. The quantitative estimate of drug-likeness (QED) is 0.591. The highest BCUT2D eigenvalue weighted by atomic mass is 35.5. The zero-order valence-corrected chi connectivity index (χ0v) is 15.5. The van der Waals surface area contributed by atoms with Crippen molar-refractivity contribution in [3.05, 3.63) is 34.1 Å². The third-order valence-electron chi connectivity index (χ3n) is 4.49. The molecule has 3 rings (SSSR count). The van der Waals surface area contributed by atoms with Gasteiger partial charge in [-0.3, -0.25) is 0 Å². The van der Waals surface area contributed by atoms with E-state index in [1.54, 1.807) is 15.3 Å². The van der Waals surface area contributed by atoms with E-state index in [2.05, 4.69) is 5.10 Å². The number of rotatable bonds is 4. The van der Waals surface area contributed by atoms with Crippen molar-refractivity contribution >= 4 is 29.8 Å². The fourth-order valence-electron chi connectivity index (χ4n) is 3.21. The third-order valence-corrected chi connectivity index (χ3v) is 5.31. The number of hydrogen-bond donors (Lipinski definition) is 2. The van der Waals surface area contributed by atoms with E-state index in [9.17, 15) is 9.90 Å². The van der Waals surface area contributed by atoms with E-state index in [4.69, 9.17) is 28.6 Å². The van der Waals surface area contributed by atoms with Gasteiger partial charge in [-0.2, -0.15) is 4.68 Å². The van der Waals surface area contributed by atoms with Crippen LogP contribution in [0, 0.1) is 4.77 Å². The number of esters is 1. The number of halogens is 1. The number of aromatic nitrogens is 3. The van der Waals surface area contributed by atoms with Gasteiger partial charge in [0.15, 0.2) is 18.5 Å². The lowest BCUT2D eigenvalue weighted by molar-refractivity contribution is -0.928. The number of hydrogen-bond acceptors (Lipinski definition) is 5. The van der Waals surface area contributed by atoms with Crippen LogP contribution in [0.25, 0.3) is 11.4 Å². The van der Waals surface area contributed by atoms with E-state index in [1.165, 1.54) is 7.11 Å². The van der Waals surface area contributed by atoms with Gasteiger partial charge in [0, 0.05) is 19.0 Å². The minimum absolute atomic E-state index is 0.333. The number of nitrogens with zero attached hydrogens (tertiary/aromatic N) is 3. The van der Waals surface area contributed by atoms with Gasteiger partial charge >= 0.3 is 5.97 Å². The molecule has 3 atom stereocenters. The summed E-state index contributed by atoms with van der Waals surface area (Å²) in [5.74, 6) is 0.324. The number of likely N-dealkylation sites (tertiary alicyclic amines) is 1. The van der Waals surface area contributed by atoms with Crippen LogP contribution in [0.1, 0.15) is 6.42 Å². The van der Waals surface area contributed by atoms with Gasteiger partial charge < -0.3 is 19.3 Å². The summed E-state index contributed by atoms with van der Waals surface area (Å²) in [5.41, 5.74) is 0.789. The van der Waals surface area contributed by atoms with Gasteiger partial charge in [-0.25, -0.2) is 4.79 Å². The lowest BCUT2D eigenvalue weighted by Gasteiger charge is -2.18. The number of nitrogens with one attached hydrogen (secondary N) is 1. The van der Waals surface area contributed by atoms with Crippen molar-refractivity contribution in [1.29, 1.82) is 0 Å². The molecule has 2 N–H and O–H groups in total. The molecule has 0 radical (unpaired) electrons. The molecule has 1 fully saturated rings. The van der Waals surface area contributed by atoms with Gasteiger partial charge in [0.25, 0.3) is 0 Å². The Morgan fingerprint density at radius 2 is 2.24 bits per heavy atom. The molecule has 1 aromatic heterocycles. The smallest absolute Gasteiger partial charge is 0.364 e. The highest BCUT2D eigenvalue weighted by molar-refractivity contribution is 7.71. The summed E-state index contributed by atoms with van der Waals surface area (Å²) in [6, 6.07) is 7.00. The first-order valence-electron chi connectivity index (χ1n) is 7.91. The average molecular weight is 384 g/mol. The first-order chi connectivity index (χ1) is 11.9. The van der Waals surface area contributed by atoms with E-state index in [-0.39, 0.29) is 5.97 Å². The average Bonchev–Trinajstić information content (AvgIpc) is 3.09. The molecule has 134 valence electrons. The maximum atomic E-state index is 12.0. The Hall–Kier alpha value is -1.74. The number of carbonyl (C=O) groups excluding carboxylic acids is 1. The second-order valence-electron chi connectivity index (χ2n) is 6.13. The van der Waals surface area contributed by atoms with Gasteiger partial charge in [0.1, 0.15) is 12.6 Å². The lowest BCUT2D eigenvalue weighted by atomic mass is 10.2. The second kappa shape index (κ2) is 7.25. The molecule has 7 nitrogen and oxygen atoms in total. The molecule has 1 aliphatic rings. The van der Waals surface area contributed by atoms with Crippen molar-refractivity contribution < 1.29 is 19.5 Å². The molecule has 1 aromatic carbocycles. The Kier molecular flexibility index (Phi) is 5.24. The SMILES string of the molecule is COC(=O)[C@@H]1C[C@H](O)C[NH+]1Cn1nc(-c2ccccc2Cl)n(C)c1=S. The number of methoxy groups -OCH3 is 1. The van der Waals surface area contributed by atoms with Crippen molar-refractivity contribution in [2.75, 3.05) is 13.7 Å². The summed E-state index contributed by atoms with van der Waals surface area (Å²) in [6.07, 6.45) is -0.167. The number of aliphatic hydroxyl groups is 1. The molecule has 0 bridgehead atoms. The summed E-state index contributed by atoms with van der Waals surface area (Å²) in [7, 11) is 3.18. The fourth-order valence-corrected chi connectivity index (χ4v) is 3.62. The van der Waals surface area contributed by atoms with Crippen LogP contribution in [0.3, 0.4) is 0 Å². The first kappa shape index (κ1) is 18.1. The Bertz CT molecular complexity index is 850. The van der Waals surface area contributed by atoms with Crippen molar-refractivity contribution in [2.24, 2.45) is 7.05 Å². The Morgan fingerprint density at radius 3 is 2.92 bits per heavy atom. The molecule has 9 heteroatoms. The zero-order valence-electron chi connectivity index (χ0n) is 14.0. The van der Waals surface area contributed by atoms with E-state index in [0.29, 0.717) is 35.3 Å². The van der Waals surface area contributed by atoms with Crippen molar-refractivity contribution in [3.8, 4) is 11.4 Å². The van der Waals surface area contributed by atoms with Crippen LogP contribution in [0.15, 0.2) is 24.3 Å². The minimum atomic E-state index is -0.542. The number of aliphatic hydroxyl groups excluding tert-OH is 1. The van der Waals surface area contributed by atoms with Crippen LogP contribution < -0.4 is 4.90 Å². The highest BCUT2D eigenvalue weighted by Gasteiger charge is 2.41. The van der Waals surface area contributed by atoms with Gasteiger partial charge in [0.05, 0.1) is 12.1 Å². The Morgan fingerprint density at radius 1 is 1.52 bits per heavy atom. The van der Waals surface area contributed by atoms with Crippen molar-refractivity contribution in [3.63, 3.8) is 0 Å². The van der Waals surface area contributed by atoms with Gasteiger partial charge in [0.2, 0.25) is 4.77 Å². The first-order valence-corrected chi connectivity index (χ1v) is 8.70. The van der Waals surface area contributed by atoms with Crippen LogP contribution in [0.5, 0.6) is 0 Å². The summed E-state index contributed by atoms with van der Waals surface area (Å²) in [5, 5.41) is 15.1. The molecule has 0 spiro atoms. The molecule has 2 heterocycles.